The van der Waals surface area contributed by atoms with E-state index in [-0.39, 0.29) is 13.0 Å². The van der Waals surface area contributed by atoms with E-state index in [1.165, 1.54) is 24.2 Å². The van der Waals surface area contributed by atoms with Gasteiger partial charge in [-0.1, -0.05) is 54.1 Å². The highest BCUT2D eigenvalue weighted by Gasteiger charge is 2.20. The average Bonchev–Trinajstić information content (AvgIpc) is 3.63. The fraction of sp³-hybridized carbons (Fsp3) is 0.156. The third-order valence-electron chi connectivity index (χ3n) is 7.00. The van der Waals surface area contributed by atoms with Crippen LogP contribution in [0.4, 0.5) is 10.5 Å². The number of aromatic nitrogens is 6. The van der Waals surface area contributed by atoms with Crippen LogP contribution in [0.2, 0.25) is 5.02 Å². The summed E-state index contributed by atoms with van der Waals surface area (Å²) in [7, 11) is 1.27. The summed E-state index contributed by atoms with van der Waals surface area (Å²) < 4.78 is 31.1. The number of tetrazole rings is 1. The second-order valence-electron chi connectivity index (χ2n) is 10.2. The maximum atomic E-state index is 13.4. The molecule has 246 valence electrons. The molecule has 0 saturated carbocycles. The van der Waals surface area contributed by atoms with E-state index in [2.05, 4.69) is 41.1 Å². The number of methoxy groups -OCH3 is 1. The number of carbonyl (C=O) groups excluding carboxylic acids is 2. The van der Waals surface area contributed by atoms with Gasteiger partial charge in [0.1, 0.15) is 6.33 Å². The predicted octanol–water partition coefficient (Wildman–Crippen LogP) is 4.76. The van der Waals surface area contributed by atoms with Crippen molar-refractivity contribution in [1.82, 2.24) is 35.7 Å². The Labute approximate surface area is 282 Å². The van der Waals surface area contributed by atoms with Crippen LogP contribution in [0.25, 0.3) is 22.9 Å². The van der Waals surface area contributed by atoms with Crippen LogP contribution in [-0.2, 0) is 37.9 Å². The van der Waals surface area contributed by atoms with Crippen LogP contribution >= 0.6 is 11.6 Å². The van der Waals surface area contributed by atoms with Gasteiger partial charge in [0.15, 0.2) is 0 Å². The van der Waals surface area contributed by atoms with E-state index in [0.29, 0.717) is 45.3 Å². The monoisotopic (exact) mass is 688 g/mol. The van der Waals surface area contributed by atoms with Crippen molar-refractivity contribution in [3.8, 4) is 16.8 Å². The number of nitrogens with one attached hydrogen (secondary N) is 2. The number of nitrogens with zero attached hydrogens (tertiary/aromatic N) is 6. The van der Waals surface area contributed by atoms with E-state index in [1.807, 2.05) is 36.4 Å². The molecule has 0 aliphatic heterocycles. The van der Waals surface area contributed by atoms with Gasteiger partial charge < -0.3 is 10.1 Å². The lowest BCUT2D eigenvalue weighted by molar-refractivity contribution is -0.117. The van der Waals surface area contributed by atoms with Crippen molar-refractivity contribution in [3.63, 3.8) is 0 Å². The minimum atomic E-state index is -2.44. The zero-order chi connectivity index (χ0) is 33.9. The van der Waals surface area contributed by atoms with Crippen molar-refractivity contribution in [2.45, 2.75) is 18.9 Å². The van der Waals surface area contributed by atoms with E-state index >= 15 is 0 Å². The van der Waals surface area contributed by atoms with Crippen LogP contribution < -0.4 is 10.6 Å². The Kier molecular flexibility index (Phi) is 11.7. The summed E-state index contributed by atoms with van der Waals surface area (Å²) in [6, 6.07) is 22.9. The molecule has 16 heteroatoms. The number of halogens is 1. The highest BCUT2D eigenvalue weighted by atomic mass is 35.5. The summed E-state index contributed by atoms with van der Waals surface area (Å²) in [6.45, 7) is -0.0861. The molecule has 5 rings (SSSR count). The summed E-state index contributed by atoms with van der Waals surface area (Å²) in [6.07, 6.45) is 4.41. The number of hydrogen-bond donors (Lipinski definition) is 3. The molecule has 48 heavy (non-hydrogen) atoms. The average molecular weight is 689 g/mol. The number of carbonyl (C=O) groups is 2. The largest absolute Gasteiger partial charge is 0.453 e. The van der Waals surface area contributed by atoms with E-state index < -0.39 is 29.4 Å². The second-order valence-corrected chi connectivity index (χ2v) is 11.3. The van der Waals surface area contributed by atoms with Crippen molar-refractivity contribution < 1.29 is 27.3 Å². The van der Waals surface area contributed by atoms with E-state index in [4.69, 9.17) is 20.3 Å². The first kappa shape index (κ1) is 34.0. The molecule has 0 radical (unpaired) electrons. The van der Waals surface area contributed by atoms with Crippen molar-refractivity contribution in [1.29, 1.82) is 0 Å². The predicted molar refractivity (Wildman–Crippen MR) is 178 cm³/mol. The summed E-state index contributed by atoms with van der Waals surface area (Å²) in [5, 5.41) is 26.3. The fourth-order valence-electron chi connectivity index (χ4n) is 4.75. The molecule has 2 aromatic heterocycles. The normalized spacial score (nSPS) is 12.4. The van der Waals surface area contributed by atoms with Gasteiger partial charge in [0.05, 0.1) is 36.8 Å². The summed E-state index contributed by atoms with van der Waals surface area (Å²) >= 11 is 3.80. The lowest BCUT2D eigenvalue weighted by Crippen LogP contribution is -2.29. The van der Waals surface area contributed by atoms with Crippen molar-refractivity contribution in [2.75, 3.05) is 19.0 Å². The molecule has 2 atom stereocenters. The van der Waals surface area contributed by atoms with Gasteiger partial charge in [-0.2, -0.15) is 19.1 Å². The van der Waals surface area contributed by atoms with E-state index in [0.717, 1.165) is 11.1 Å². The molecule has 0 spiro atoms. The van der Waals surface area contributed by atoms with Crippen LogP contribution in [0.3, 0.4) is 0 Å². The minimum Gasteiger partial charge on any atom is -0.453 e. The van der Waals surface area contributed by atoms with Crippen LogP contribution in [0.1, 0.15) is 28.6 Å². The topological polar surface area (TPSA) is 183 Å². The molecular weight excluding hydrogens is 660 g/mol. The van der Waals surface area contributed by atoms with Crippen LogP contribution in [0, 0.1) is 0 Å². The molecule has 0 aliphatic rings. The molecule has 5 aromatic rings. The van der Waals surface area contributed by atoms with Gasteiger partial charge in [-0.3, -0.25) is 18.8 Å². The van der Waals surface area contributed by atoms with E-state index in [1.54, 1.807) is 48.5 Å². The van der Waals surface area contributed by atoms with Gasteiger partial charge in [-0.05, 0) is 70.4 Å². The first-order valence-corrected chi connectivity index (χ1v) is 15.8. The second kappa shape index (κ2) is 16.5. The first-order valence-electron chi connectivity index (χ1n) is 14.4. The molecular formula is C32H29ClN8O6S. The van der Waals surface area contributed by atoms with Crippen molar-refractivity contribution in [3.05, 3.63) is 119 Å². The molecule has 0 bridgehead atoms. The molecule has 0 saturated heterocycles. The Morgan fingerprint density at radius 1 is 1.06 bits per heavy atom. The Hall–Kier alpha value is -5.35. The summed E-state index contributed by atoms with van der Waals surface area (Å²) in [5.74, 6) is -0.400. The quantitative estimate of drug-likeness (QED) is 0.114. The van der Waals surface area contributed by atoms with Crippen molar-refractivity contribution in [2.24, 2.45) is 0 Å². The summed E-state index contributed by atoms with van der Waals surface area (Å²) in [4.78, 5) is 25.1. The van der Waals surface area contributed by atoms with Crippen LogP contribution in [-0.4, -0.2) is 64.9 Å². The maximum Gasteiger partial charge on any atom is 0.411 e. The molecule has 2 heterocycles. The lowest BCUT2D eigenvalue weighted by atomic mass is 9.97. The first-order chi connectivity index (χ1) is 23.3. The minimum absolute atomic E-state index is 0.0861. The Balaban J connectivity index is 1.47. The Morgan fingerprint density at radius 2 is 1.85 bits per heavy atom. The number of rotatable bonds is 13. The van der Waals surface area contributed by atoms with Crippen molar-refractivity contribution >= 4 is 46.7 Å². The highest BCUT2D eigenvalue weighted by molar-refractivity contribution is 7.74. The number of anilines is 1. The van der Waals surface area contributed by atoms with Crippen LogP contribution in [0.15, 0.2) is 91.3 Å². The van der Waals surface area contributed by atoms with Gasteiger partial charge in [-0.25, -0.2) is 4.79 Å². The number of ether oxygens (including phenoxy) is 1. The molecule has 14 nitrogen and oxygen atoms in total. The molecule has 3 N–H and O–H groups in total. The van der Waals surface area contributed by atoms with Gasteiger partial charge in [0.25, 0.3) is 0 Å². The SMILES string of the molecule is COC(=O)Nc1ccc(-c2cc(C(Cc3ccccc3)NC(=O)/C=C/c3cc(Cl)ccc3-n3cnnn3)nnc2CCOS(=O)O)cc1. The van der Waals surface area contributed by atoms with Gasteiger partial charge >= 0.3 is 17.5 Å². The Bertz CT molecular complexity index is 1910. The smallest absolute Gasteiger partial charge is 0.411 e. The molecule has 3 aromatic carbocycles. The molecule has 2 amide bonds. The molecule has 0 fully saturated rings. The van der Waals surface area contributed by atoms with Gasteiger partial charge in [0.2, 0.25) is 5.91 Å². The third kappa shape index (κ3) is 9.36. The van der Waals surface area contributed by atoms with Crippen LogP contribution in [0.5, 0.6) is 0 Å². The maximum absolute atomic E-state index is 13.4. The molecule has 0 aliphatic carbocycles. The van der Waals surface area contributed by atoms with Gasteiger partial charge in [-0.15, -0.1) is 5.10 Å². The number of amides is 2. The zero-order valence-electron chi connectivity index (χ0n) is 25.4. The molecule has 2 unspecified atom stereocenters. The van der Waals surface area contributed by atoms with Gasteiger partial charge in [0, 0.05) is 34.3 Å². The summed E-state index contributed by atoms with van der Waals surface area (Å²) in [5.41, 5.74) is 5.06. The zero-order valence-corrected chi connectivity index (χ0v) is 27.0. The fourth-order valence-corrected chi connectivity index (χ4v) is 5.16. The highest BCUT2D eigenvalue weighted by Crippen LogP contribution is 2.28. The third-order valence-corrected chi connectivity index (χ3v) is 7.60. The number of hydrogen-bond acceptors (Lipinski definition) is 10. The number of benzene rings is 3. The van der Waals surface area contributed by atoms with E-state index in [9.17, 15) is 13.8 Å². The standard InChI is InChI=1S/C32H29ClN8O6S/c1-46-32(43)35-25-11-7-22(8-12-25)26-19-29(38-37-27(26)15-16-47-48(44)45)28(17-21-5-3-2-4-6-21)36-31(42)14-9-23-18-24(33)10-13-30(23)41-20-34-39-40-41/h2-14,18-20,28H,15-17H2,1H3,(H,35,43)(H,36,42)(H,44,45)/b14-9+. The Morgan fingerprint density at radius 3 is 2.56 bits per heavy atom. The lowest BCUT2D eigenvalue weighted by Gasteiger charge is -2.19.